The van der Waals surface area contributed by atoms with Gasteiger partial charge in [0.15, 0.2) is 0 Å². The van der Waals surface area contributed by atoms with Crippen LogP contribution in [0, 0.1) is 0 Å². The molecule has 0 radical (unpaired) electrons. The van der Waals surface area contributed by atoms with Crippen molar-refractivity contribution in [3.05, 3.63) is 41.4 Å². The normalized spacial score (nSPS) is 17.3. The number of aliphatic carboxylic acids is 2. The van der Waals surface area contributed by atoms with E-state index < -0.39 is 11.9 Å². The highest BCUT2D eigenvalue weighted by Crippen LogP contribution is 2.22. The van der Waals surface area contributed by atoms with Crippen LogP contribution in [0.4, 0.5) is 0 Å². The molecule has 0 aromatic heterocycles. The van der Waals surface area contributed by atoms with Crippen LogP contribution in [0.15, 0.2) is 41.3 Å². The van der Waals surface area contributed by atoms with Gasteiger partial charge in [0.25, 0.3) is 0 Å². The molecule has 0 amide bonds. The lowest BCUT2D eigenvalue weighted by Crippen LogP contribution is -2.35. The monoisotopic (exact) mass is 357 g/mol. The molecule has 0 bridgehead atoms. The first-order valence-electron chi connectivity index (χ1n) is 7.23. The number of carboxylic acid groups (broad SMARTS) is 2. The number of carboxylic acids is 2. The number of carbonyl (C=O) groups is 2. The third-order valence-corrected chi connectivity index (χ3v) is 4.47. The van der Waals surface area contributed by atoms with Crippen molar-refractivity contribution in [2.45, 2.75) is 30.2 Å². The number of hydrogen-bond donors (Lipinski definition) is 3. The molecule has 1 saturated heterocycles. The molecule has 1 aliphatic rings. The molecule has 7 heteroatoms. The summed E-state index contributed by atoms with van der Waals surface area (Å²) in [5.41, 5.74) is 0. The molecule has 0 saturated carbocycles. The predicted molar refractivity (Wildman–Crippen MR) is 92.2 cm³/mol. The molecule has 5 nitrogen and oxygen atoms in total. The highest BCUT2D eigenvalue weighted by molar-refractivity contribution is 7.99. The lowest BCUT2D eigenvalue weighted by molar-refractivity contribution is -0.134. The zero-order valence-electron chi connectivity index (χ0n) is 12.6. The minimum atomic E-state index is -1.26. The summed E-state index contributed by atoms with van der Waals surface area (Å²) in [6.45, 7) is 1.19. The first-order chi connectivity index (χ1) is 11.0. The van der Waals surface area contributed by atoms with Crippen LogP contribution < -0.4 is 5.32 Å². The van der Waals surface area contributed by atoms with Gasteiger partial charge in [0.05, 0.1) is 0 Å². The summed E-state index contributed by atoms with van der Waals surface area (Å²) in [6, 6.07) is 8.79. The molecule has 2 rings (SSSR count). The Morgan fingerprint density at radius 2 is 1.78 bits per heavy atom. The maximum atomic E-state index is 9.55. The van der Waals surface area contributed by atoms with E-state index in [9.17, 15) is 9.59 Å². The van der Waals surface area contributed by atoms with Crippen LogP contribution >= 0.6 is 23.4 Å². The van der Waals surface area contributed by atoms with Gasteiger partial charge in [0, 0.05) is 33.9 Å². The Morgan fingerprint density at radius 1 is 1.17 bits per heavy atom. The van der Waals surface area contributed by atoms with Gasteiger partial charge >= 0.3 is 11.9 Å². The Bertz CT molecular complexity index is 511. The molecular weight excluding hydrogens is 338 g/mol. The van der Waals surface area contributed by atoms with E-state index in [1.54, 1.807) is 0 Å². The Balaban J connectivity index is 0.000000284. The van der Waals surface area contributed by atoms with E-state index in [2.05, 4.69) is 17.4 Å². The molecule has 1 unspecified atom stereocenters. The van der Waals surface area contributed by atoms with Crippen molar-refractivity contribution in [2.75, 3.05) is 12.3 Å². The molecule has 1 heterocycles. The van der Waals surface area contributed by atoms with Gasteiger partial charge in [-0.3, -0.25) is 0 Å². The van der Waals surface area contributed by atoms with Crippen molar-refractivity contribution in [2.24, 2.45) is 0 Å². The van der Waals surface area contributed by atoms with Crippen molar-refractivity contribution in [3.63, 3.8) is 0 Å². The van der Waals surface area contributed by atoms with E-state index in [0.717, 1.165) is 5.02 Å². The van der Waals surface area contributed by atoms with Crippen LogP contribution in [0.25, 0.3) is 0 Å². The lowest BCUT2D eigenvalue weighted by Gasteiger charge is -2.22. The summed E-state index contributed by atoms with van der Waals surface area (Å²) < 4.78 is 0. The van der Waals surface area contributed by atoms with Crippen LogP contribution in [0.3, 0.4) is 0 Å². The fourth-order valence-corrected chi connectivity index (χ4v) is 3.07. The summed E-state index contributed by atoms with van der Waals surface area (Å²) in [7, 11) is 0. The van der Waals surface area contributed by atoms with Crippen LogP contribution in [-0.4, -0.2) is 40.5 Å². The standard InChI is InChI=1S/C12H16ClNS.C4H4O4/c13-10-4-6-12(7-5-10)15-9-11-3-1-2-8-14-11;5-3(6)1-2-4(7)8/h4-7,11,14H,1-3,8-9H2;1-2H,(H,5,6)(H,7,8)/b;2-1-. The van der Waals surface area contributed by atoms with Crippen LogP contribution in [0.5, 0.6) is 0 Å². The average Bonchev–Trinajstić information content (AvgIpc) is 2.54. The molecule has 1 fully saturated rings. The number of thioether (sulfide) groups is 1. The van der Waals surface area contributed by atoms with Crippen LogP contribution in [0.2, 0.25) is 5.02 Å². The van der Waals surface area contributed by atoms with Crippen molar-refractivity contribution in [1.82, 2.24) is 5.32 Å². The quantitative estimate of drug-likeness (QED) is 0.553. The van der Waals surface area contributed by atoms with E-state index in [1.807, 2.05) is 23.9 Å². The second-order valence-electron chi connectivity index (χ2n) is 4.92. The number of nitrogens with one attached hydrogen (secondary N) is 1. The number of hydrogen-bond acceptors (Lipinski definition) is 4. The second kappa shape index (κ2) is 11.1. The van der Waals surface area contributed by atoms with E-state index >= 15 is 0 Å². The Labute approximate surface area is 144 Å². The maximum absolute atomic E-state index is 9.55. The SMILES string of the molecule is Clc1ccc(SCC2CCCCN2)cc1.O=C(O)/C=C\C(=O)O. The van der Waals surface area contributed by atoms with Crippen LogP contribution in [-0.2, 0) is 9.59 Å². The van der Waals surface area contributed by atoms with Crippen molar-refractivity contribution < 1.29 is 19.8 Å². The van der Waals surface area contributed by atoms with Crippen molar-refractivity contribution in [1.29, 1.82) is 0 Å². The summed E-state index contributed by atoms with van der Waals surface area (Å²) in [6.07, 6.45) is 5.15. The highest BCUT2D eigenvalue weighted by Gasteiger charge is 2.12. The average molecular weight is 358 g/mol. The van der Waals surface area contributed by atoms with Crippen molar-refractivity contribution in [3.8, 4) is 0 Å². The fourth-order valence-electron chi connectivity index (χ4n) is 1.94. The van der Waals surface area contributed by atoms with Gasteiger partial charge < -0.3 is 15.5 Å². The first kappa shape index (κ1) is 19.5. The molecule has 1 aliphatic heterocycles. The predicted octanol–water partition coefficient (Wildman–Crippen LogP) is 3.29. The highest BCUT2D eigenvalue weighted by atomic mass is 35.5. The van der Waals surface area contributed by atoms with Gasteiger partial charge in [-0.05, 0) is 43.7 Å². The molecule has 1 aromatic carbocycles. The largest absolute Gasteiger partial charge is 0.478 e. The van der Waals surface area contributed by atoms with E-state index in [1.165, 1.54) is 36.5 Å². The van der Waals surface area contributed by atoms with Crippen LogP contribution in [0.1, 0.15) is 19.3 Å². The maximum Gasteiger partial charge on any atom is 0.328 e. The summed E-state index contributed by atoms with van der Waals surface area (Å²) in [5, 5.41) is 20.0. The van der Waals surface area contributed by atoms with E-state index in [4.69, 9.17) is 21.8 Å². The smallest absolute Gasteiger partial charge is 0.328 e. The minimum Gasteiger partial charge on any atom is -0.478 e. The number of halogens is 1. The fraction of sp³-hybridized carbons (Fsp3) is 0.375. The Hall–Kier alpha value is -1.50. The van der Waals surface area contributed by atoms with Gasteiger partial charge in [-0.2, -0.15) is 0 Å². The molecule has 0 spiro atoms. The minimum absolute atomic E-state index is 0.558. The third kappa shape index (κ3) is 9.99. The first-order valence-corrected chi connectivity index (χ1v) is 8.59. The topological polar surface area (TPSA) is 86.6 Å². The molecule has 126 valence electrons. The van der Waals surface area contributed by atoms with Gasteiger partial charge in [0.1, 0.15) is 0 Å². The molecule has 0 aliphatic carbocycles. The molecule has 3 N–H and O–H groups in total. The van der Waals surface area contributed by atoms with Gasteiger partial charge in [-0.25, -0.2) is 9.59 Å². The number of benzene rings is 1. The second-order valence-corrected chi connectivity index (χ2v) is 6.45. The summed E-state index contributed by atoms with van der Waals surface area (Å²) in [4.78, 5) is 20.4. The van der Waals surface area contributed by atoms with Gasteiger partial charge in [-0.1, -0.05) is 18.0 Å². The van der Waals surface area contributed by atoms with Crippen molar-refractivity contribution >= 4 is 35.3 Å². The zero-order valence-corrected chi connectivity index (χ0v) is 14.1. The number of rotatable bonds is 5. The third-order valence-electron chi connectivity index (χ3n) is 3.05. The molecule has 23 heavy (non-hydrogen) atoms. The number of piperidine rings is 1. The molecular formula is C16H20ClNO4S. The zero-order chi connectivity index (χ0) is 17.1. The van der Waals surface area contributed by atoms with E-state index in [-0.39, 0.29) is 0 Å². The molecule has 1 aromatic rings. The summed E-state index contributed by atoms with van der Waals surface area (Å²) in [5.74, 6) is -1.35. The Morgan fingerprint density at radius 3 is 2.26 bits per heavy atom. The van der Waals surface area contributed by atoms with E-state index in [0.29, 0.717) is 18.2 Å². The van der Waals surface area contributed by atoms with Gasteiger partial charge in [-0.15, -0.1) is 11.8 Å². The molecule has 1 atom stereocenters. The lowest BCUT2D eigenvalue weighted by atomic mass is 10.1. The Kier molecular flexibility index (Phi) is 9.43. The van der Waals surface area contributed by atoms with Gasteiger partial charge in [0.2, 0.25) is 0 Å². The summed E-state index contributed by atoms with van der Waals surface area (Å²) >= 11 is 7.75.